The molecule has 0 aromatic carbocycles. The maximum absolute atomic E-state index is 12.2. The van der Waals surface area contributed by atoms with Gasteiger partial charge in [0.25, 0.3) is 5.91 Å². The Hall–Kier alpha value is -1.56. The Bertz CT molecular complexity index is 412. The SMILES string of the molecule is CCN(CC)C1CCN(C(=O)c2cn[nH]c2N)C1. The van der Waals surface area contributed by atoms with Crippen LogP contribution in [0.1, 0.15) is 30.6 Å². The highest BCUT2D eigenvalue weighted by Gasteiger charge is 2.30. The van der Waals surface area contributed by atoms with Crippen molar-refractivity contribution in [3.8, 4) is 0 Å². The van der Waals surface area contributed by atoms with Gasteiger partial charge in [0.1, 0.15) is 11.4 Å². The highest BCUT2D eigenvalue weighted by atomic mass is 16.2. The van der Waals surface area contributed by atoms with Crippen LogP contribution < -0.4 is 5.73 Å². The molecule has 6 nitrogen and oxygen atoms in total. The molecule has 0 saturated carbocycles. The molecule has 100 valence electrons. The van der Waals surface area contributed by atoms with Gasteiger partial charge in [0.2, 0.25) is 0 Å². The fourth-order valence-corrected chi connectivity index (χ4v) is 2.60. The molecule has 1 saturated heterocycles. The summed E-state index contributed by atoms with van der Waals surface area (Å²) in [5.41, 5.74) is 6.16. The summed E-state index contributed by atoms with van der Waals surface area (Å²) in [5.74, 6) is 0.335. The van der Waals surface area contributed by atoms with E-state index in [0.29, 0.717) is 17.4 Å². The van der Waals surface area contributed by atoms with Gasteiger partial charge in [-0.05, 0) is 19.5 Å². The van der Waals surface area contributed by atoms with Crippen molar-refractivity contribution in [1.29, 1.82) is 0 Å². The molecule has 3 N–H and O–H groups in total. The lowest BCUT2D eigenvalue weighted by Gasteiger charge is -2.26. The Balaban J connectivity index is 2.01. The van der Waals surface area contributed by atoms with Crippen LogP contribution in [-0.4, -0.2) is 58.1 Å². The van der Waals surface area contributed by atoms with E-state index >= 15 is 0 Å². The summed E-state index contributed by atoms with van der Waals surface area (Å²) in [6.45, 7) is 7.94. The quantitative estimate of drug-likeness (QED) is 0.819. The van der Waals surface area contributed by atoms with Gasteiger partial charge in [-0.3, -0.25) is 14.8 Å². The third-order valence-corrected chi connectivity index (χ3v) is 3.68. The molecule has 1 amide bonds. The molecule has 1 unspecified atom stereocenters. The van der Waals surface area contributed by atoms with Gasteiger partial charge in [-0.25, -0.2) is 0 Å². The van der Waals surface area contributed by atoms with E-state index in [-0.39, 0.29) is 5.91 Å². The first-order valence-corrected chi connectivity index (χ1v) is 6.49. The average molecular weight is 251 g/mol. The number of carbonyl (C=O) groups excluding carboxylic acids is 1. The third-order valence-electron chi connectivity index (χ3n) is 3.68. The normalized spacial score (nSPS) is 19.7. The predicted octanol–water partition coefficient (Wildman–Crippen LogP) is 0.548. The first-order valence-electron chi connectivity index (χ1n) is 6.49. The molecule has 0 aliphatic carbocycles. The maximum Gasteiger partial charge on any atom is 0.259 e. The first-order chi connectivity index (χ1) is 8.67. The van der Waals surface area contributed by atoms with E-state index in [2.05, 4.69) is 28.9 Å². The number of nitrogen functional groups attached to an aromatic ring is 1. The molecule has 2 heterocycles. The molecule has 1 fully saturated rings. The zero-order chi connectivity index (χ0) is 13.1. The number of hydrogen-bond donors (Lipinski definition) is 2. The van der Waals surface area contributed by atoms with Crippen LogP contribution in [0, 0.1) is 0 Å². The molecule has 1 aromatic rings. The number of hydrogen-bond acceptors (Lipinski definition) is 4. The summed E-state index contributed by atoms with van der Waals surface area (Å²) in [5, 5.41) is 6.39. The van der Waals surface area contributed by atoms with Crippen LogP contribution in [0.15, 0.2) is 6.20 Å². The van der Waals surface area contributed by atoms with Crippen molar-refractivity contribution in [2.24, 2.45) is 0 Å². The van der Waals surface area contributed by atoms with Crippen LogP contribution in [0.5, 0.6) is 0 Å². The molecule has 1 aromatic heterocycles. The fourth-order valence-electron chi connectivity index (χ4n) is 2.60. The average Bonchev–Trinajstić information content (AvgIpc) is 2.99. The Morgan fingerprint density at radius 2 is 2.33 bits per heavy atom. The van der Waals surface area contributed by atoms with Crippen LogP contribution in [0.4, 0.5) is 5.82 Å². The van der Waals surface area contributed by atoms with Crippen molar-refractivity contribution in [2.45, 2.75) is 26.3 Å². The number of anilines is 1. The first kappa shape index (κ1) is 12.9. The summed E-state index contributed by atoms with van der Waals surface area (Å²) in [7, 11) is 0. The Morgan fingerprint density at radius 1 is 1.61 bits per heavy atom. The van der Waals surface area contributed by atoms with E-state index in [0.717, 1.165) is 32.6 Å². The molecule has 6 heteroatoms. The maximum atomic E-state index is 12.2. The van der Waals surface area contributed by atoms with Gasteiger partial charge in [-0.1, -0.05) is 13.8 Å². The van der Waals surface area contributed by atoms with Gasteiger partial charge >= 0.3 is 0 Å². The number of H-pyrrole nitrogens is 1. The predicted molar refractivity (Wildman–Crippen MR) is 70.2 cm³/mol. The number of likely N-dealkylation sites (N-methyl/N-ethyl adjacent to an activating group) is 1. The van der Waals surface area contributed by atoms with Crippen LogP contribution >= 0.6 is 0 Å². The molecule has 18 heavy (non-hydrogen) atoms. The molecular weight excluding hydrogens is 230 g/mol. The van der Waals surface area contributed by atoms with Crippen molar-refractivity contribution in [1.82, 2.24) is 20.0 Å². The van der Waals surface area contributed by atoms with Crippen molar-refractivity contribution in [2.75, 3.05) is 31.9 Å². The number of likely N-dealkylation sites (tertiary alicyclic amines) is 1. The summed E-state index contributed by atoms with van der Waals surface area (Å²) in [6.07, 6.45) is 2.54. The number of nitrogens with two attached hydrogens (primary N) is 1. The van der Waals surface area contributed by atoms with E-state index in [1.54, 1.807) is 0 Å². The molecule has 2 rings (SSSR count). The fraction of sp³-hybridized carbons (Fsp3) is 0.667. The summed E-state index contributed by atoms with van der Waals surface area (Å²) in [6, 6.07) is 0.470. The highest BCUT2D eigenvalue weighted by molar-refractivity contribution is 5.98. The number of carbonyl (C=O) groups is 1. The largest absolute Gasteiger partial charge is 0.383 e. The molecule has 1 atom stereocenters. The second-order valence-electron chi connectivity index (χ2n) is 4.61. The van der Waals surface area contributed by atoms with Gasteiger partial charge < -0.3 is 10.6 Å². The minimum Gasteiger partial charge on any atom is -0.383 e. The number of aromatic amines is 1. The lowest BCUT2D eigenvalue weighted by molar-refractivity contribution is 0.0779. The van der Waals surface area contributed by atoms with Gasteiger partial charge in [0.05, 0.1) is 6.20 Å². The van der Waals surface area contributed by atoms with E-state index < -0.39 is 0 Å². The lowest BCUT2D eigenvalue weighted by Crippen LogP contribution is -2.38. The summed E-state index contributed by atoms with van der Waals surface area (Å²) < 4.78 is 0. The summed E-state index contributed by atoms with van der Waals surface area (Å²) in [4.78, 5) is 16.5. The number of nitrogens with zero attached hydrogens (tertiary/aromatic N) is 3. The minimum absolute atomic E-state index is 0.0177. The van der Waals surface area contributed by atoms with E-state index in [9.17, 15) is 4.79 Å². The molecule has 0 bridgehead atoms. The Kier molecular flexibility index (Phi) is 3.86. The second kappa shape index (κ2) is 5.39. The zero-order valence-corrected chi connectivity index (χ0v) is 11.0. The third kappa shape index (κ3) is 2.33. The van der Waals surface area contributed by atoms with Crippen LogP contribution in [0.3, 0.4) is 0 Å². The van der Waals surface area contributed by atoms with Crippen LogP contribution in [0.25, 0.3) is 0 Å². The van der Waals surface area contributed by atoms with Gasteiger partial charge in [0.15, 0.2) is 0 Å². The van der Waals surface area contributed by atoms with Crippen LogP contribution in [-0.2, 0) is 0 Å². The second-order valence-corrected chi connectivity index (χ2v) is 4.61. The van der Waals surface area contributed by atoms with Gasteiger partial charge in [-0.2, -0.15) is 5.10 Å². The van der Waals surface area contributed by atoms with E-state index in [1.165, 1.54) is 6.20 Å². The Morgan fingerprint density at radius 3 is 2.89 bits per heavy atom. The van der Waals surface area contributed by atoms with E-state index in [1.807, 2.05) is 4.90 Å². The Labute approximate surface area is 107 Å². The molecule has 1 aliphatic rings. The number of rotatable bonds is 4. The number of amides is 1. The smallest absolute Gasteiger partial charge is 0.259 e. The standard InChI is InChI=1S/C12H21N5O/c1-3-16(4-2)9-5-6-17(8-9)12(18)10-7-14-15-11(10)13/h7,9H,3-6,8H2,1-2H3,(H3,13,14,15). The van der Waals surface area contributed by atoms with Crippen LogP contribution in [0.2, 0.25) is 0 Å². The minimum atomic E-state index is -0.0177. The van der Waals surface area contributed by atoms with Crippen molar-refractivity contribution in [3.63, 3.8) is 0 Å². The number of aromatic nitrogens is 2. The van der Waals surface area contributed by atoms with Gasteiger partial charge in [-0.15, -0.1) is 0 Å². The highest BCUT2D eigenvalue weighted by Crippen LogP contribution is 2.19. The molecule has 1 aliphatic heterocycles. The molecular formula is C12H21N5O. The van der Waals surface area contributed by atoms with E-state index in [4.69, 9.17) is 5.73 Å². The van der Waals surface area contributed by atoms with Crippen molar-refractivity contribution in [3.05, 3.63) is 11.8 Å². The van der Waals surface area contributed by atoms with Crippen molar-refractivity contribution < 1.29 is 4.79 Å². The zero-order valence-electron chi connectivity index (χ0n) is 11.0. The summed E-state index contributed by atoms with van der Waals surface area (Å²) >= 11 is 0. The van der Waals surface area contributed by atoms with Crippen molar-refractivity contribution >= 4 is 11.7 Å². The molecule has 0 radical (unpaired) electrons. The lowest BCUT2D eigenvalue weighted by atomic mass is 10.2. The monoisotopic (exact) mass is 251 g/mol. The number of nitrogens with one attached hydrogen (secondary N) is 1. The topological polar surface area (TPSA) is 78.2 Å². The molecule has 0 spiro atoms. The van der Waals surface area contributed by atoms with Gasteiger partial charge in [0, 0.05) is 19.1 Å².